The Hall–Kier alpha value is -3.71. The third-order valence-corrected chi connectivity index (χ3v) is 6.82. The van der Waals surface area contributed by atoms with Crippen LogP contribution in [0.3, 0.4) is 0 Å². The van der Waals surface area contributed by atoms with Gasteiger partial charge in [-0.15, -0.1) is 0 Å². The molecular formula is C27H25N3O3S. The number of carbonyl (C=O) groups is 2. The summed E-state index contributed by atoms with van der Waals surface area (Å²) in [6.07, 6.45) is 1.67. The molecule has 0 atom stereocenters. The number of benzene rings is 3. The van der Waals surface area contributed by atoms with Crippen molar-refractivity contribution in [3.63, 3.8) is 0 Å². The molecule has 6 nitrogen and oxygen atoms in total. The predicted octanol–water partition coefficient (Wildman–Crippen LogP) is 5.29. The van der Waals surface area contributed by atoms with Crippen LogP contribution in [0.15, 0.2) is 72.8 Å². The quantitative estimate of drug-likeness (QED) is 0.372. The Morgan fingerprint density at radius 1 is 1.00 bits per heavy atom. The van der Waals surface area contributed by atoms with Crippen LogP contribution in [-0.2, 0) is 17.8 Å². The Labute approximate surface area is 202 Å². The van der Waals surface area contributed by atoms with E-state index < -0.39 is 0 Å². The molecule has 1 N–H and O–H groups in total. The third-order valence-electron chi connectivity index (χ3n) is 5.82. The van der Waals surface area contributed by atoms with E-state index in [1.807, 2.05) is 65.6 Å². The molecule has 1 aliphatic rings. The molecule has 34 heavy (non-hydrogen) atoms. The van der Waals surface area contributed by atoms with Crippen LogP contribution in [-0.4, -0.2) is 34.8 Å². The molecule has 2 amide bonds. The summed E-state index contributed by atoms with van der Waals surface area (Å²) in [6.45, 7) is 1.62. The zero-order valence-corrected chi connectivity index (χ0v) is 19.5. The minimum absolute atomic E-state index is 0.0247. The van der Waals surface area contributed by atoms with E-state index in [0.29, 0.717) is 49.7 Å². The highest BCUT2D eigenvalue weighted by Crippen LogP contribution is 2.29. The fraction of sp³-hybridized carbons (Fsp3) is 0.222. The minimum atomic E-state index is -0.0783. The van der Waals surface area contributed by atoms with Crippen molar-refractivity contribution in [3.8, 4) is 5.75 Å². The van der Waals surface area contributed by atoms with Crippen LogP contribution >= 0.6 is 11.3 Å². The van der Waals surface area contributed by atoms with Crippen LogP contribution in [0.4, 0.5) is 5.13 Å². The van der Waals surface area contributed by atoms with Gasteiger partial charge in [0.15, 0.2) is 5.13 Å². The van der Waals surface area contributed by atoms with Gasteiger partial charge in [-0.2, -0.15) is 0 Å². The molecule has 1 aromatic heterocycles. The van der Waals surface area contributed by atoms with Gasteiger partial charge in [-0.3, -0.25) is 9.59 Å². The molecule has 0 bridgehead atoms. The number of hydrogen-bond donors (Lipinski definition) is 1. The molecule has 0 fully saturated rings. The summed E-state index contributed by atoms with van der Waals surface area (Å²) in [5.74, 6) is 0.753. The number of thiazole rings is 1. The Balaban J connectivity index is 1.10. The minimum Gasteiger partial charge on any atom is -0.494 e. The molecule has 5 rings (SSSR count). The van der Waals surface area contributed by atoms with Gasteiger partial charge in [0.1, 0.15) is 5.75 Å². The van der Waals surface area contributed by atoms with E-state index in [-0.39, 0.29) is 11.8 Å². The van der Waals surface area contributed by atoms with E-state index in [2.05, 4.69) is 22.4 Å². The largest absolute Gasteiger partial charge is 0.494 e. The van der Waals surface area contributed by atoms with Gasteiger partial charge in [-0.25, -0.2) is 4.98 Å². The van der Waals surface area contributed by atoms with Gasteiger partial charge < -0.3 is 15.0 Å². The number of amides is 2. The van der Waals surface area contributed by atoms with Crippen molar-refractivity contribution in [2.75, 3.05) is 18.5 Å². The van der Waals surface area contributed by atoms with E-state index in [9.17, 15) is 9.59 Å². The zero-order valence-electron chi connectivity index (χ0n) is 18.7. The molecule has 1 aliphatic heterocycles. The molecule has 0 spiro atoms. The number of carbonyl (C=O) groups excluding carboxylic acids is 2. The summed E-state index contributed by atoms with van der Waals surface area (Å²) in [4.78, 5) is 32.6. The standard InChI is InChI=1S/C27H25N3O3S/c31-25(11-6-16-33-22-13-12-19-7-4-5-10-21(19)17-22)29-27-28-23-14-15-30(18-24(23)34-27)26(32)20-8-2-1-3-9-20/h1-5,7-10,12-13,17H,6,11,14-16,18H2,(H,28,29,31). The van der Waals surface area contributed by atoms with Crippen molar-refractivity contribution in [2.45, 2.75) is 25.8 Å². The fourth-order valence-electron chi connectivity index (χ4n) is 4.05. The lowest BCUT2D eigenvalue weighted by Gasteiger charge is -2.26. The third kappa shape index (κ3) is 5.10. The summed E-state index contributed by atoms with van der Waals surface area (Å²) < 4.78 is 5.82. The number of ether oxygens (including phenoxy) is 1. The molecule has 172 valence electrons. The van der Waals surface area contributed by atoms with E-state index in [1.54, 1.807) is 0 Å². The molecule has 3 aromatic carbocycles. The van der Waals surface area contributed by atoms with Gasteiger partial charge in [-0.05, 0) is 41.5 Å². The second-order valence-electron chi connectivity index (χ2n) is 8.24. The van der Waals surface area contributed by atoms with Crippen LogP contribution in [0, 0.1) is 0 Å². The number of rotatable bonds is 7. The topological polar surface area (TPSA) is 71.5 Å². The molecule has 0 saturated heterocycles. The van der Waals surface area contributed by atoms with E-state index in [0.717, 1.165) is 21.7 Å². The first-order chi connectivity index (χ1) is 16.7. The SMILES string of the molecule is O=C(CCCOc1ccc2ccccc2c1)Nc1nc2c(s1)CN(C(=O)c1ccccc1)CC2. The normalized spacial score (nSPS) is 12.9. The van der Waals surface area contributed by atoms with Crippen molar-refractivity contribution in [3.05, 3.63) is 88.9 Å². The number of anilines is 1. The van der Waals surface area contributed by atoms with Crippen LogP contribution < -0.4 is 10.1 Å². The van der Waals surface area contributed by atoms with Crippen LogP contribution in [0.5, 0.6) is 5.75 Å². The monoisotopic (exact) mass is 471 g/mol. The Morgan fingerprint density at radius 2 is 1.79 bits per heavy atom. The van der Waals surface area contributed by atoms with E-state index >= 15 is 0 Å². The van der Waals surface area contributed by atoms with Gasteiger partial charge in [0.05, 0.1) is 18.8 Å². The maximum atomic E-state index is 12.7. The van der Waals surface area contributed by atoms with Crippen molar-refractivity contribution < 1.29 is 14.3 Å². The molecular weight excluding hydrogens is 446 g/mol. The lowest BCUT2D eigenvalue weighted by molar-refractivity contribution is -0.116. The summed E-state index contributed by atoms with van der Waals surface area (Å²) in [7, 11) is 0. The Kier molecular flexibility index (Phi) is 6.53. The fourth-order valence-corrected chi connectivity index (χ4v) is 5.09. The maximum absolute atomic E-state index is 12.7. The summed E-state index contributed by atoms with van der Waals surface area (Å²) in [6, 6.07) is 23.5. The molecule has 7 heteroatoms. The van der Waals surface area contributed by atoms with Crippen molar-refractivity contribution in [2.24, 2.45) is 0 Å². The van der Waals surface area contributed by atoms with Crippen LogP contribution in [0.1, 0.15) is 33.8 Å². The van der Waals surface area contributed by atoms with Gasteiger partial charge in [0, 0.05) is 29.8 Å². The van der Waals surface area contributed by atoms with Crippen molar-refractivity contribution >= 4 is 39.1 Å². The Morgan fingerprint density at radius 3 is 2.65 bits per heavy atom. The second kappa shape index (κ2) is 10.1. The highest BCUT2D eigenvalue weighted by molar-refractivity contribution is 7.15. The average molecular weight is 472 g/mol. The van der Waals surface area contributed by atoms with Gasteiger partial charge in [-0.1, -0.05) is 59.9 Å². The summed E-state index contributed by atoms with van der Waals surface area (Å²) in [5.41, 5.74) is 1.66. The molecule has 0 radical (unpaired) electrons. The highest BCUT2D eigenvalue weighted by atomic mass is 32.1. The van der Waals surface area contributed by atoms with Gasteiger partial charge in [0.25, 0.3) is 5.91 Å². The first-order valence-electron chi connectivity index (χ1n) is 11.4. The zero-order chi connectivity index (χ0) is 23.3. The lowest BCUT2D eigenvalue weighted by Crippen LogP contribution is -2.35. The number of aromatic nitrogens is 1. The number of nitrogens with zero attached hydrogens (tertiary/aromatic N) is 2. The van der Waals surface area contributed by atoms with E-state index in [1.165, 1.54) is 16.7 Å². The Bertz CT molecular complexity index is 1320. The average Bonchev–Trinajstić information content (AvgIpc) is 3.28. The highest BCUT2D eigenvalue weighted by Gasteiger charge is 2.25. The second-order valence-corrected chi connectivity index (χ2v) is 9.32. The number of hydrogen-bond acceptors (Lipinski definition) is 5. The first kappa shape index (κ1) is 22.1. The molecule has 4 aromatic rings. The van der Waals surface area contributed by atoms with E-state index in [4.69, 9.17) is 4.74 Å². The van der Waals surface area contributed by atoms with Crippen LogP contribution in [0.2, 0.25) is 0 Å². The van der Waals surface area contributed by atoms with Gasteiger partial charge in [0.2, 0.25) is 5.91 Å². The predicted molar refractivity (Wildman–Crippen MR) is 134 cm³/mol. The smallest absolute Gasteiger partial charge is 0.254 e. The summed E-state index contributed by atoms with van der Waals surface area (Å²) in [5, 5.41) is 5.81. The molecule has 0 unspecified atom stereocenters. The number of fused-ring (bicyclic) bond motifs is 2. The van der Waals surface area contributed by atoms with Gasteiger partial charge >= 0.3 is 0 Å². The van der Waals surface area contributed by atoms with Crippen molar-refractivity contribution in [1.29, 1.82) is 0 Å². The lowest BCUT2D eigenvalue weighted by atomic mass is 10.1. The maximum Gasteiger partial charge on any atom is 0.254 e. The van der Waals surface area contributed by atoms with Crippen molar-refractivity contribution in [1.82, 2.24) is 9.88 Å². The summed E-state index contributed by atoms with van der Waals surface area (Å²) >= 11 is 1.45. The first-order valence-corrected chi connectivity index (χ1v) is 12.2. The molecule has 2 heterocycles. The molecule has 0 aliphatic carbocycles. The van der Waals surface area contributed by atoms with Crippen LogP contribution in [0.25, 0.3) is 10.8 Å². The molecule has 0 saturated carbocycles. The number of nitrogens with one attached hydrogen (secondary N) is 1.